The number of carbonyl (C=O) groups excluding carboxylic acids is 3. The lowest BCUT2D eigenvalue weighted by Gasteiger charge is -2.34. The van der Waals surface area contributed by atoms with Crippen molar-refractivity contribution in [1.29, 1.82) is 0 Å². The summed E-state index contributed by atoms with van der Waals surface area (Å²) in [5.74, 6) is -1.19. The molecule has 4 amide bonds. The molecule has 0 aliphatic carbocycles. The normalized spacial score (nSPS) is 21.9. The summed E-state index contributed by atoms with van der Waals surface area (Å²) in [6.07, 6.45) is 3.99. The van der Waals surface area contributed by atoms with Gasteiger partial charge >= 0.3 is 12.0 Å². The Morgan fingerprint density at radius 1 is 1.16 bits per heavy atom. The molecule has 2 fully saturated rings. The Kier molecular flexibility index (Phi) is 11.1. The summed E-state index contributed by atoms with van der Waals surface area (Å²) < 4.78 is 16.7. The third-order valence-electron chi connectivity index (χ3n) is 8.72. The number of aliphatic carboxylic acids is 1. The molecule has 3 aliphatic rings. The Bertz CT molecular complexity index is 1180. The topological polar surface area (TPSA) is 155 Å². The molecular formula is C30H45N5O8. The van der Waals surface area contributed by atoms with E-state index in [9.17, 15) is 24.3 Å². The van der Waals surface area contributed by atoms with Crippen LogP contribution >= 0.6 is 0 Å². The molecule has 1 aromatic carbocycles. The number of imide groups is 1. The van der Waals surface area contributed by atoms with Gasteiger partial charge in [0.05, 0.1) is 19.6 Å². The van der Waals surface area contributed by atoms with Crippen LogP contribution in [0.4, 0.5) is 4.79 Å². The molecule has 3 atom stereocenters. The van der Waals surface area contributed by atoms with Gasteiger partial charge in [0.15, 0.2) is 11.5 Å². The first-order valence-corrected chi connectivity index (χ1v) is 15.2. The molecule has 43 heavy (non-hydrogen) atoms. The van der Waals surface area contributed by atoms with Crippen LogP contribution in [0.1, 0.15) is 56.9 Å². The van der Waals surface area contributed by atoms with E-state index in [2.05, 4.69) is 6.92 Å². The van der Waals surface area contributed by atoms with Crippen molar-refractivity contribution in [2.45, 2.75) is 57.4 Å². The highest BCUT2D eigenvalue weighted by molar-refractivity contribution is 5.96. The molecule has 0 bridgehead atoms. The lowest BCUT2D eigenvalue weighted by molar-refractivity contribution is -0.144. The predicted octanol–water partition coefficient (Wildman–Crippen LogP) is 1.93. The predicted molar refractivity (Wildman–Crippen MR) is 157 cm³/mol. The van der Waals surface area contributed by atoms with Crippen molar-refractivity contribution < 1.29 is 38.5 Å². The van der Waals surface area contributed by atoms with Crippen molar-refractivity contribution in [3.63, 3.8) is 0 Å². The minimum Gasteiger partial charge on any atom is -0.493 e. The van der Waals surface area contributed by atoms with E-state index in [0.717, 1.165) is 36.1 Å². The van der Waals surface area contributed by atoms with Crippen molar-refractivity contribution in [1.82, 2.24) is 19.6 Å². The van der Waals surface area contributed by atoms with Gasteiger partial charge in [-0.25, -0.2) is 4.79 Å². The van der Waals surface area contributed by atoms with Crippen LogP contribution in [0.25, 0.3) is 0 Å². The number of carbonyl (C=O) groups is 4. The highest BCUT2D eigenvalue weighted by Gasteiger charge is 2.48. The average Bonchev–Trinajstić information content (AvgIpc) is 3.61. The first kappa shape index (κ1) is 32.3. The number of likely N-dealkylation sites (tertiary alicyclic amines) is 1. The van der Waals surface area contributed by atoms with Crippen molar-refractivity contribution in [2.75, 3.05) is 66.8 Å². The number of ether oxygens (including phenoxy) is 3. The first-order chi connectivity index (χ1) is 20.7. The van der Waals surface area contributed by atoms with Crippen LogP contribution in [-0.2, 0) is 14.4 Å². The van der Waals surface area contributed by atoms with E-state index in [-0.39, 0.29) is 44.7 Å². The highest BCUT2D eigenvalue weighted by atomic mass is 16.7. The molecular weight excluding hydrogens is 558 g/mol. The van der Waals surface area contributed by atoms with Gasteiger partial charge < -0.3 is 34.9 Å². The highest BCUT2D eigenvalue weighted by Crippen LogP contribution is 2.47. The minimum absolute atomic E-state index is 0.0456. The molecule has 238 valence electrons. The smallest absolute Gasteiger partial charge is 0.326 e. The summed E-state index contributed by atoms with van der Waals surface area (Å²) in [6.45, 7) is 4.84. The summed E-state index contributed by atoms with van der Waals surface area (Å²) in [5.41, 5.74) is 6.41. The van der Waals surface area contributed by atoms with Crippen molar-refractivity contribution in [3.8, 4) is 17.2 Å². The molecule has 2 saturated heterocycles. The summed E-state index contributed by atoms with van der Waals surface area (Å²) in [7, 11) is 2.97. The van der Waals surface area contributed by atoms with Gasteiger partial charge in [-0.2, -0.15) is 0 Å². The molecule has 0 radical (unpaired) electrons. The van der Waals surface area contributed by atoms with Crippen molar-refractivity contribution in [3.05, 3.63) is 17.7 Å². The van der Waals surface area contributed by atoms with Gasteiger partial charge in [0, 0.05) is 58.2 Å². The zero-order valence-corrected chi connectivity index (χ0v) is 25.5. The molecule has 0 aromatic heterocycles. The maximum Gasteiger partial charge on any atom is 0.326 e. The van der Waals surface area contributed by atoms with Gasteiger partial charge in [-0.1, -0.05) is 13.3 Å². The summed E-state index contributed by atoms with van der Waals surface area (Å²) in [4.78, 5) is 57.9. The Labute approximate surface area is 252 Å². The number of unbranched alkanes of at least 4 members (excludes halogenated alkanes) is 2. The van der Waals surface area contributed by atoms with E-state index in [0.29, 0.717) is 49.8 Å². The van der Waals surface area contributed by atoms with Gasteiger partial charge in [0.25, 0.3) is 0 Å². The standard InChI is InChI=1S/C30H45N5O8/c1-4-5-11-33(12-7-6-10-31)26(37)18-35-17-21(20-15-23(41-3)28-24(16-20)42-19-43-28)27(29(38)39)22(35)8-13-34-14-9-25(36)32(2)30(34)40/h15-16,21-22,27H,4-14,17-19,31H2,1-3H3,(H,38,39)/t21-,22+,27?/m1/s1. The summed E-state index contributed by atoms with van der Waals surface area (Å²) >= 11 is 0. The lowest BCUT2D eigenvalue weighted by atomic mass is 9.84. The number of urea groups is 1. The van der Waals surface area contributed by atoms with Crippen LogP contribution in [0.5, 0.6) is 17.2 Å². The van der Waals surface area contributed by atoms with E-state index in [4.69, 9.17) is 19.9 Å². The second-order valence-electron chi connectivity index (χ2n) is 11.4. The molecule has 3 N–H and O–H groups in total. The monoisotopic (exact) mass is 603 g/mol. The molecule has 13 heteroatoms. The number of benzene rings is 1. The summed E-state index contributed by atoms with van der Waals surface area (Å²) in [6, 6.07) is 2.65. The molecule has 3 aliphatic heterocycles. The lowest BCUT2D eigenvalue weighted by Crippen LogP contribution is -2.52. The number of carboxylic acids is 1. The Morgan fingerprint density at radius 3 is 2.63 bits per heavy atom. The van der Waals surface area contributed by atoms with E-state index in [1.54, 1.807) is 17.0 Å². The second-order valence-corrected chi connectivity index (χ2v) is 11.4. The fourth-order valence-electron chi connectivity index (χ4n) is 6.29. The maximum absolute atomic E-state index is 13.7. The maximum atomic E-state index is 13.7. The Morgan fingerprint density at radius 2 is 1.93 bits per heavy atom. The first-order valence-electron chi connectivity index (χ1n) is 15.2. The second kappa shape index (κ2) is 14.7. The molecule has 3 heterocycles. The zero-order chi connectivity index (χ0) is 31.1. The quantitative estimate of drug-likeness (QED) is 0.284. The van der Waals surface area contributed by atoms with Crippen molar-refractivity contribution >= 4 is 23.8 Å². The van der Waals surface area contributed by atoms with E-state index < -0.39 is 29.9 Å². The fourth-order valence-corrected chi connectivity index (χ4v) is 6.29. The number of hydrogen-bond acceptors (Lipinski definition) is 9. The Hall–Kier alpha value is -3.58. The van der Waals surface area contributed by atoms with Gasteiger partial charge in [0.2, 0.25) is 24.4 Å². The molecule has 4 rings (SSSR count). The number of amides is 4. The number of carboxylic acid groups (broad SMARTS) is 1. The molecule has 13 nitrogen and oxygen atoms in total. The largest absolute Gasteiger partial charge is 0.493 e. The third kappa shape index (κ3) is 7.32. The number of nitrogens with zero attached hydrogens (tertiary/aromatic N) is 4. The number of methoxy groups -OCH3 is 1. The van der Waals surface area contributed by atoms with Crippen LogP contribution in [-0.4, -0.2) is 121 Å². The number of nitrogens with two attached hydrogens (primary N) is 1. The van der Waals surface area contributed by atoms with Crippen LogP contribution in [0.2, 0.25) is 0 Å². The average molecular weight is 604 g/mol. The number of hydrogen-bond donors (Lipinski definition) is 2. The number of fused-ring (bicyclic) bond motifs is 1. The van der Waals surface area contributed by atoms with E-state index in [1.807, 2.05) is 9.80 Å². The van der Waals surface area contributed by atoms with Crippen LogP contribution in [0.3, 0.4) is 0 Å². The van der Waals surface area contributed by atoms with Gasteiger partial charge in [-0.15, -0.1) is 0 Å². The molecule has 1 aromatic rings. The van der Waals surface area contributed by atoms with E-state index >= 15 is 0 Å². The molecule has 1 unspecified atom stereocenters. The SMILES string of the molecule is CCCCN(CCCCN)C(=O)CN1C[C@H](c2cc(OC)c3c(c2)OCO3)C(C(=O)O)[C@@H]1CCN1CCC(=O)N(C)C1=O. The van der Waals surface area contributed by atoms with Crippen LogP contribution in [0.15, 0.2) is 12.1 Å². The minimum atomic E-state index is -0.982. The van der Waals surface area contributed by atoms with Gasteiger partial charge in [-0.05, 0) is 49.9 Å². The van der Waals surface area contributed by atoms with E-state index in [1.165, 1.54) is 14.2 Å². The third-order valence-corrected chi connectivity index (χ3v) is 8.72. The van der Waals surface area contributed by atoms with Gasteiger partial charge in [-0.3, -0.25) is 24.2 Å². The van der Waals surface area contributed by atoms with Crippen LogP contribution < -0.4 is 19.9 Å². The van der Waals surface area contributed by atoms with Crippen molar-refractivity contribution in [2.24, 2.45) is 11.7 Å². The fraction of sp³-hybridized carbons (Fsp3) is 0.667. The van der Waals surface area contributed by atoms with Gasteiger partial charge in [0.1, 0.15) is 0 Å². The Balaban J connectivity index is 1.62. The molecule has 0 spiro atoms. The summed E-state index contributed by atoms with van der Waals surface area (Å²) in [5, 5.41) is 10.6. The molecule has 0 saturated carbocycles. The number of rotatable bonds is 15. The van der Waals surface area contributed by atoms with Crippen LogP contribution in [0, 0.1) is 5.92 Å². The zero-order valence-electron chi connectivity index (χ0n) is 25.5.